The number of esters is 2. The molecule has 0 amide bonds. The summed E-state index contributed by atoms with van der Waals surface area (Å²) in [5, 5.41) is 0. The van der Waals surface area contributed by atoms with Crippen LogP contribution in [-0.4, -0.2) is 49.3 Å². The van der Waals surface area contributed by atoms with E-state index in [1.165, 1.54) is 417 Å². The first-order chi connectivity index (χ1) is 45.3. The molecule has 0 heterocycles. The van der Waals surface area contributed by atoms with E-state index in [-0.39, 0.29) is 32.1 Å². The first-order valence-electron chi connectivity index (χ1n) is 42.0. The van der Waals surface area contributed by atoms with E-state index in [1.54, 1.807) is 0 Å². The summed E-state index contributed by atoms with van der Waals surface area (Å²) < 4.78 is 33.3. The van der Waals surface area contributed by atoms with Gasteiger partial charge < -0.3 is 20.1 Å². The van der Waals surface area contributed by atoms with Crippen LogP contribution in [0.5, 0.6) is 0 Å². The molecule has 0 aliphatic heterocycles. The first-order valence-corrected chi connectivity index (χ1v) is 43.5. The highest BCUT2D eigenvalue weighted by Crippen LogP contribution is 2.43. The predicted octanol–water partition coefficient (Wildman–Crippen LogP) is 28.1. The zero-order valence-corrected chi connectivity index (χ0v) is 63.2. The number of rotatable bonds is 82. The molecule has 0 radical (unpaired) electrons. The Bertz CT molecular complexity index is 1470. The standard InChI is InChI=1S/C82H164NO8P/c1-3-5-7-9-11-13-15-17-19-21-23-25-27-29-31-33-35-37-39-40-41-43-45-47-49-51-53-55-57-59-61-63-65-67-69-71-73-75-82(85)91-80(79-90-92(86,87)89-77-76-83)78-88-81(84)74-72-70-68-66-64-62-60-58-56-54-52-50-48-46-44-42-38-36-34-32-30-28-26-24-22-20-18-16-14-12-10-8-6-4-2/h80H,3-79,83H2,1-2H3,(H,86,87). The smallest absolute Gasteiger partial charge is 0.462 e. The van der Waals surface area contributed by atoms with Gasteiger partial charge in [-0.25, -0.2) is 4.57 Å². The van der Waals surface area contributed by atoms with Gasteiger partial charge in [0.1, 0.15) is 6.61 Å². The third kappa shape index (κ3) is 78.0. The zero-order chi connectivity index (χ0) is 66.5. The van der Waals surface area contributed by atoms with Crippen molar-refractivity contribution in [2.45, 2.75) is 489 Å². The van der Waals surface area contributed by atoms with Crippen molar-refractivity contribution in [2.24, 2.45) is 5.73 Å². The van der Waals surface area contributed by atoms with Gasteiger partial charge in [-0.3, -0.25) is 18.6 Å². The van der Waals surface area contributed by atoms with Crippen molar-refractivity contribution in [3.8, 4) is 0 Å². The number of nitrogens with two attached hydrogens (primary N) is 1. The maximum atomic E-state index is 12.8. The van der Waals surface area contributed by atoms with Gasteiger partial charge in [0.15, 0.2) is 6.10 Å². The topological polar surface area (TPSA) is 134 Å². The van der Waals surface area contributed by atoms with E-state index < -0.39 is 26.5 Å². The number of phosphoric ester groups is 1. The summed E-state index contributed by atoms with van der Waals surface area (Å²) in [7, 11) is -4.39. The molecule has 0 saturated carbocycles. The van der Waals surface area contributed by atoms with Crippen molar-refractivity contribution in [1.29, 1.82) is 0 Å². The van der Waals surface area contributed by atoms with Crippen molar-refractivity contribution in [1.82, 2.24) is 0 Å². The van der Waals surface area contributed by atoms with Gasteiger partial charge in [-0.1, -0.05) is 457 Å². The van der Waals surface area contributed by atoms with Crippen LogP contribution in [0.3, 0.4) is 0 Å². The molecule has 0 aromatic rings. The minimum atomic E-state index is -4.39. The molecule has 3 N–H and O–H groups in total. The van der Waals surface area contributed by atoms with Crippen LogP contribution in [-0.2, 0) is 32.7 Å². The highest BCUT2D eigenvalue weighted by atomic mass is 31.2. The minimum absolute atomic E-state index is 0.0590. The molecular weight excluding hydrogens is 1160 g/mol. The molecule has 0 rings (SSSR count). The minimum Gasteiger partial charge on any atom is -0.462 e. The second-order valence-electron chi connectivity index (χ2n) is 29.1. The Morgan fingerprint density at radius 2 is 0.467 bits per heavy atom. The predicted molar refractivity (Wildman–Crippen MR) is 400 cm³/mol. The lowest BCUT2D eigenvalue weighted by atomic mass is 10.0. The number of ether oxygens (including phenoxy) is 2. The quantitative estimate of drug-likeness (QED) is 0.0347. The van der Waals surface area contributed by atoms with Crippen LogP contribution in [0.4, 0.5) is 0 Å². The molecule has 0 aliphatic rings. The highest BCUT2D eigenvalue weighted by molar-refractivity contribution is 7.47. The van der Waals surface area contributed by atoms with Crippen LogP contribution in [0.1, 0.15) is 483 Å². The lowest BCUT2D eigenvalue weighted by Gasteiger charge is -2.19. The molecule has 2 atom stereocenters. The van der Waals surface area contributed by atoms with Crippen LogP contribution in [0.2, 0.25) is 0 Å². The lowest BCUT2D eigenvalue weighted by Crippen LogP contribution is -2.29. The van der Waals surface area contributed by atoms with Crippen LogP contribution >= 0.6 is 7.82 Å². The second kappa shape index (κ2) is 79.0. The van der Waals surface area contributed by atoms with E-state index in [0.29, 0.717) is 12.8 Å². The van der Waals surface area contributed by atoms with Crippen molar-refractivity contribution in [2.75, 3.05) is 26.4 Å². The van der Waals surface area contributed by atoms with Gasteiger partial charge in [-0.05, 0) is 12.8 Å². The van der Waals surface area contributed by atoms with Crippen LogP contribution in [0.25, 0.3) is 0 Å². The largest absolute Gasteiger partial charge is 0.472 e. The molecule has 0 aromatic carbocycles. The van der Waals surface area contributed by atoms with Crippen molar-refractivity contribution < 1.29 is 37.6 Å². The molecule has 0 aliphatic carbocycles. The van der Waals surface area contributed by atoms with Gasteiger partial charge in [-0.15, -0.1) is 0 Å². The second-order valence-corrected chi connectivity index (χ2v) is 30.5. The number of carbonyl (C=O) groups excluding carboxylic acids is 2. The maximum Gasteiger partial charge on any atom is 0.472 e. The van der Waals surface area contributed by atoms with Gasteiger partial charge in [-0.2, -0.15) is 0 Å². The SMILES string of the molecule is CCCCCCCCCCCCCCCCCCCCCCCCCCCCCCCCCCCCCCCC(=O)OC(COC(=O)CCCCCCCCCCCCCCCCCCCCCCCCCCCCCCCCCCCC)COP(=O)(O)OCCN. The Kier molecular flexibility index (Phi) is 78.2. The molecule has 92 heavy (non-hydrogen) atoms. The van der Waals surface area contributed by atoms with Crippen molar-refractivity contribution in [3.63, 3.8) is 0 Å². The molecule has 550 valence electrons. The van der Waals surface area contributed by atoms with E-state index in [0.717, 1.165) is 32.1 Å². The zero-order valence-electron chi connectivity index (χ0n) is 62.4. The Morgan fingerprint density at radius 3 is 0.663 bits per heavy atom. The van der Waals surface area contributed by atoms with Gasteiger partial charge in [0.25, 0.3) is 0 Å². The van der Waals surface area contributed by atoms with E-state index in [9.17, 15) is 19.0 Å². The summed E-state index contributed by atoms with van der Waals surface area (Å²) in [6.07, 6.45) is 97.1. The molecule has 0 aromatic heterocycles. The van der Waals surface area contributed by atoms with E-state index in [2.05, 4.69) is 13.8 Å². The van der Waals surface area contributed by atoms with Gasteiger partial charge in [0.05, 0.1) is 13.2 Å². The summed E-state index contributed by atoms with van der Waals surface area (Å²) >= 11 is 0. The molecule has 0 fully saturated rings. The number of hydrogen-bond acceptors (Lipinski definition) is 8. The number of carbonyl (C=O) groups is 2. The molecular formula is C82H164NO8P. The summed E-state index contributed by atoms with van der Waals surface area (Å²) in [6.45, 7) is 3.86. The van der Waals surface area contributed by atoms with E-state index >= 15 is 0 Å². The molecule has 0 saturated heterocycles. The van der Waals surface area contributed by atoms with Crippen LogP contribution in [0, 0.1) is 0 Å². The molecule has 0 spiro atoms. The average molecular weight is 1320 g/mol. The van der Waals surface area contributed by atoms with Gasteiger partial charge in [0, 0.05) is 19.4 Å². The highest BCUT2D eigenvalue weighted by Gasteiger charge is 2.26. The van der Waals surface area contributed by atoms with Gasteiger partial charge >= 0.3 is 19.8 Å². The summed E-state index contributed by atoms with van der Waals surface area (Å²) in [4.78, 5) is 35.5. The molecule has 10 heteroatoms. The molecule has 0 bridgehead atoms. The third-order valence-electron chi connectivity index (χ3n) is 19.7. The lowest BCUT2D eigenvalue weighted by molar-refractivity contribution is -0.161. The number of unbranched alkanes of at least 4 members (excludes halogenated alkanes) is 69. The fraction of sp³-hybridized carbons (Fsp3) is 0.976. The number of hydrogen-bond donors (Lipinski definition) is 2. The first kappa shape index (κ1) is 91.0. The normalized spacial score (nSPS) is 12.7. The monoisotopic (exact) mass is 1320 g/mol. The van der Waals surface area contributed by atoms with Crippen molar-refractivity contribution >= 4 is 19.8 Å². The third-order valence-corrected chi connectivity index (χ3v) is 20.7. The summed E-state index contributed by atoms with van der Waals surface area (Å²) in [6, 6.07) is 0. The molecule has 9 nitrogen and oxygen atoms in total. The summed E-state index contributed by atoms with van der Waals surface area (Å²) in [5.41, 5.74) is 5.42. The average Bonchev–Trinajstić information content (AvgIpc) is 3.01. The van der Waals surface area contributed by atoms with Crippen molar-refractivity contribution in [3.05, 3.63) is 0 Å². The molecule has 2 unspecified atom stereocenters. The Morgan fingerprint density at radius 1 is 0.283 bits per heavy atom. The Hall–Kier alpha value is -0.990. The fourth-order valence-electron chi connectivity index (χ4n) is 13.5. The van der Waals surface area contributed by atoms with Gasteiger partial charge in [0.2, 0.25) is 0 Å². The fourth-order valence-corrected chi connectivity index (χ4v) is 14.3. The number of phosphoric acid groups is 1. The van der Waals surface area contributed by atoms with E-state index in [1.807, 2.05) is 0 Å². The van der Waals surface area contributed by atoms with E-state index in [4.69, 9.17) is 24.3 Å². The maximum absolute atomic E-state index is 12.8. The van der Waals surface area contributed by atoms with Crippen LogP contribution < -0.4 is 5.73 Å². The summed E-state index contributed by atoms with van der Waals surface area (Å²) in [5.74, 6) is -0.793. The van der Waals surface area contributed by atoms with Crippen LogP contribution in [0.15, 0.2) is 0 Å². The Labute approximate surface area is 575 Å². The Balaban J connectivity index is 3.70.